The van der Waals surface area contributed by atoms with Gasteiger partial charge in [-0.2, -0.15) is 0 Å². The number of amides is 1. The third kappa shape index (κ3) is 4.37. The fourth-order valence-corrected chi connectivity index (χ4v) is 3.99. The molecule has 30 heavy (non-hydrogen) atoms. The Balaban J connectivity index is 1.44. The van der Waals surface area contributed by atoms with Crippen LogP contribution >= 0.6 is 11.6 Å². The molecule has 0 spiro atoms. The van der Waals surface area contributed by atoms with Gasteiger partial charge in [0.15, 0.2) is 5.76 Å². The number of rotatable bonds is 5. The largest absolute Gasteiger partial charge is 0.451 e. The van der Waals surface area contributed by atoms with Crippen LogP contribution in [0.5, 0.6) is 0 Å². The van der Waals surface area contributed by atoms with Gasteiger partial charge in [-0.3, -0.25) is 4.79 Å². The Labute approximate surface area is 182 Å². The van der Waals surface area contributed by atoms with Crippen molar-refractivity contribution in [3.63, 3.8) is 0 Å². The van der Waals surface area contributed by atoms with Crippen LogP contribution < -0.4 is 10.2 Å². The second-order valence-electron chi connectivity index (χ2n) is 7.52. The molecule has 156 valence electrons. The number of aryl methyl sites for hydroxylation is 1. The highest BCUT2D eigenvalue weighted by atomic mass is 35.5. The zero-order chi connectivity index (χ0) is 21.1. The van der Waals surface area contributed by atoms with Gasteiger partial charge in [0.05, 0.1) is 5.02 Å². The lowest BCUT2D eigenvalue weighted by Crippen LogP contribution is -2.46. The van der Waals surface area contributed by atoms with Crippen LogP contribution in [0.4, 0.5) is 11.4 Å². The molecule has 2 aromatic carbocycles. The molecule has 4 rings (SSSR count). The molecule has 1 N–H and O–H groups in total. The number of benzene rings is 2. The quantitative estimate of drug-likeness (QED) is 0.604. The number of hydrogen-bond donors (Lipinski definition) is 1. The number of nitrogens with zero attached hydrogens (tertiary/aromatic N) is 2. The van der Waals surface area contributed by atoms with Gasteiger partial charge in [-0.1, -0.05) is 30.7 Å². The van der Waals surface area contributed by atoms with E-state index in [0.29, 0.717) is 10.8 Å². The number of hydrogen-bond acceptors (Lipinski definition) is 4. The summed E-state index contributed by atoms with van der Waals surface area (Å²) in [5, 5.41) is 3.55. The van der Waals surface area contributed by atoms with Gasteiger partial charge < -0.3 is 19.5 Å². The highest BCUT2D eigenvalue weighted by Gasteiger charge is 2.18. The second kappa shape index (κ2) is 8.94. The summed E-state index contributed by atoms with van der Waals surface area (Å²) in [6.45, 7) is 9.53. The summed E-state index contributed by atoms with van der Waals surface area (Å²) in [5.41, 5.74) is 3.77. The molecule has 6 heteroatoms. The highest BCUT2D eigenvalue weighted by Crippen LogP contribution is 2.30. The normalized spacial score (nSPS) is 14.7. The monoisotopic (exact) mass is 423 g/mol. The van der Waals surface area contributed by atoms with E-state index in [0.717, 1.165) is 49.5 Å². The van der Waals surface area contributed by atoms with Gasteiger partial charge in [0.1, 0.15) is 5.76 Å². The van der Waals surface area contributed by atoms with Gasteiger partial charge >= 0.3 is 0 Å². The average Bonchev–Trinajstić information content (AvgIpc) is 3.26. The molecule has 0 saturated carbocycles. The number of piperazine rings is 1. The van der Waals surface area contributed by atoms with Crippen LogP contribution in [0.15, 0.2) is 59.0 Å². The van der Waals surface area contributed by atoms with Gasteiger partial charge in [-0.15, -0.1) is 0 Å². The van der Waals surface area contributed by atoms with E-state index >= 15 is 0 Å². The van der Waals surface area contributed by atoms with Crippen LogP contribution in [-0.2, 0) is 0 Å². The zero-order valence-corrected chi connectivity index (χ0v) is 18.1. The maximum atomic E-state index is 12.7. The lowest BCUT2D eigenvalue weighted by molar-refractivity contribution is 0.0997. The van der Waals surface area contributed by atoms with Crippen molar-refractivity contribution in [2.24, 2.45) is 0 Å². The molecule has 1 aromatic heterocycles. The number of furan rings is 1. The Bertz CT molecular complexity index is 1040. The molecule has 1 fully saturated rings. The molecule has 1 amide bonds. The van der Waals surface area contributed by atoms with Crippen LogP contribution in [0, 0.1) is 6.92 Å². The SMILES string of the molecule is CCN1CCN(c2ccc(NC(=O)c3ccc(-c4ccccc4Cl)o3)c(C)c2)CC1. The molecule has 0 aliphatic carbocycles. The van der Waals surface area contributed by atoms with Crippen molar-refractivity contribution in [2.75, 3.05) is 42.9 Å². The minimum Gasteiger partial charge on any atom is -0.451 e. The Morgan fingerprint density at radius 3 is 2.53 bits per heavy atom. The fraction of sp³-hybridized carbons (Fsp3) is 0.292. The Morgan fingerprint density at radius 2 is 1.83 bits per heavy atom. The number of likely N-dealkylation sites (N-methyl/N-ethyl adjacent to an activating group) is 1. The minimum absolute atomic E-state index is 0.254. The van der Waals surface area contributed by atoms with Crippen molar-refractivity contribution < 1.29 is 9.21 Å². The average molecular weight is 424 g/mol. The van der Waals surface area contributed by atoms with E-state index in [-0.39, 0.29) is 11.7 Å². The minimum atomic E-state index is -0.277. The first-order valence-electron chi connectivity index (χ1n) is 10.3. The van der Waals surface area contributed by atoms with E-state index < -0.39 is 0 Å². The molecule has 0 radical (unpaired) electrons. The number of anilines is 2. The van der Waals surface area contributed by atoms with Crippen LogP contribution in [-0.4, -0.2) is 43.5 Å². The topological polar surface area (TPSA) is 48.7 Å². The molecule has 2 heterocycles. The van der Waals surface area contributed by atoms with Crippen molar-refractivity contribution in [3.8, 4) is 11.3 Å². The van der Waals surface area contributed by atoms with Gasteiger partial charge in [0, 0.05) is 43.1 Å². The van der Waals surface area contributed by atoms with Gasteiger partial charge in [-0.05, 0) is 61.5 Å². The first-order valence-corrected chi connectivity index (χ1v) is 10.7. The van der Waals surface area contributed by atoms with E-state index in [2.05, 4.69) is 34.2 Å². The first kappa shape index (κ1) is 20.5. The Kier molecular flexibility index (Phi) is 6.11. The summed E-state index contributed by atoms with van der Waals surface area (Å²) in [5.74, 6) is 0.550. The summed E-state index contributed by atoms with van der Waals surface area (Å²) in [4.78, 5) is 17.6. The predicted octanol–water partition coefficient (Wildman–Crippen LogP) is 5.30. The molecule has 1 aliphatic rings. The number of halogens is 1. The summed E-state index contributed by atoms with van der Waals surface area (Å²) in [6.07, 6.45) is 0. The molecule has 1 aliphatic heterocycles. The highest BCUT2D eigenvalue weighted by molar-refractivity contribution is 6.33. The van der Waals surface area contributed by atoms with Gasteiger partial charge in [-0.25, -0.2) is 0 Å². The van der Waals surface area contributed by atoms with E-state index in [4.69, 9.17) is 16.0 Å². The summed E-state index contributed by atoms with van der Waals surface area (Å²) in [7, 11) is 0. The molecule has 0 unspecified atom stereocenters. The third-order valence-corrected chi connectivity index (χ3v) is 5.94. The van der Waals surface area contributed by atoms with Crippen LogP contribution in [0.3, 0.4) is 0 Å². The predicted molar refractivity (Wildman–Crippen MR) is 123 cm³/mol. The van der Waals surface area contributed by atoms with Gasteiger partial charge in [0.2, 0.25) is 0 Å². The molecule has 0 atom stereocenters. The van der Waals surface area contributed by atoms with Crippen LogP contribution in [0.1, 0.15) is 23.0 Å². The van der Waals surface area contributed by atoms with Crippen molar-refractivity contribution in [1.29, 1.82) is 0 Å². The van der Waals surface area contributed by atoms with E-state index in [1.54, 1.807) is 18.2 Å². The smallest absolute Gasteiger partial charge is 0.291 e. The zero-order valence-electron chi connectivity index (χ0n) is 17.3. The van der Waals surface area contributed by atoms with Gasteiger partial charge in [0.25, 0.3) is 5.91 Å². The van der Waals surface area contributed by atoms with E-state index in [9.17, 15) is 4.79 Å². The first-order chi connectivity index (χ1) is 14.5. The second-order valence-corrected chi connectivity index (χ2v) is 7.93. The number of carbonyl (C=O) groups is 1. The third-order valence-electron chi connectivity index (χ3n) is 5.61. The maximum Gasteiger partial charge on any atom is 0.291 e. The summed E-state index contributed by atoms with van der Waals surface area (Å²) < 4.78 is 5.75. The lowest BCUT2D eigenvalue weighted by Gasteiger charge is -2.35. The van der Waals surface area contributed by atoms with E-state index in [1.807, 2.05) is 31.2 Å². The lowest BCUT2D eigenvalue weighted by atomic mass is 10.1. The Hall–Kier alpha value is -2.76. The Morgan fingerprint density at radius 1 is 1.07 bits per heavy atom. The summed E-state index contributed by atoms with van der Waals surface area (Å²) >= 11 is 6.23. The van der Waals surface area contributed by atoms with Crippen molar-refractivity contribution >= 4 is 28.9 Å². The van der Waals surface area contributed by atoms with Crippen LogP contribution in [0.25, 0.3) is 11.3 Å². The van der Waals surface area contributed by atoms with Crippen molar-refractivity contribution in [1.82, 2.24) is 4.90 Å². The molecular formula is C24H26ClN3O2. The standard InChI is InChI=1S/C24H26ClN3O2/c1-3-27-12-14-28(15-13-27)18-8-9-21(17(2)16-18)26-24(29)23-11-10-22(30-23)19-6-4-5-7-20(19)25/h4-11,16H,3,12-15H2,1-2H3,(H,26,29). The number of nitrogens with one attached hydrogen (secondary N) is 1. The number of carbonyl (C=O) groups excluding carboxylic acids is 1. The molecule has 1 saturated heterocycles. The molecule has 5 nitrogen and oxygen atoms in total. The van der Waals surface area contributed by atoms with E-state index in [1.165, 1.54) is 5.69 Å². The van der Waals surface area contributed by atoms with Crippen molar-refractivity contribution in [3.05, 3.63) is 70.9 Å². The molecule has 0 bridgehead atoms. The van der Waals surface area contributed by atoms with Crippen LogP contribution in [0.2, 0.25) is 5.02 Å². The fourth-order valence-electron chi connectivity index (χ4n) is 3.76. The maximum absolute atomic E-state index is 12.7. The molecular weight excluding hydrogens is 398 g/mol. The molecule has 3 aromatic rings. The van der Waals surface area contributed by atoms with Crippen molar-refractivity contribution in [2.45, 2.75) is 13.8 Å². The summed E-state index contributed by atoms with van der Waals surface area (Å²) in [6, 6.07) is 17.0.